The van der Waals surface area contributed by atoms with Crippen LogP contribution >= 0.6 is 0 Å². The van der Waals surface area contributed by atoms with Gasteiger partial charge in [0.15, 0.2) is 0 Å². The van der Waals surface area contributed by atoms with Crippen LogP contribution in [-0.2, 0) is 6.61 Å². The molecule has 0 saturated heterocycles. The summed E-state index contributed by atoms with van der Waals surface area (Å²) in [6.45, 7) is 0.0294. The zero-order valence-electron chi connectivity index (χ0n) is 9.31. The van der Waals surface area contributed by atoms with Gasteiger partial charge in [0, 0.05) is 0 Å². The summed E-state index contributed by atoms with van der Waals surface area (Å²) in [7, 11) is 0. The predicted molar refractivity (Wildman–Crippen MR) is 67.7 cm³/mol. The van der Waals surface area contributed by atoms with Crippen molar-refractivity contribution in [3.05, 3.63) is 71.0 Å². The molecule has 0 fully saturated rings. The van der Waals surface area contributed by atoms with Gasteiger partial charge in [-0.25, -0.2) is 4.39 Å². The zero-order valence-corrected chi connectivity index (χ0v) is 9.31. The first-order valence-electron chi connectivity index (χ1n) is 5.41. The second kappa shape index (κ2) is 5.41. The van der Waals surface area contributed by atoms with Crippen LogP contribution in [0.25, 0.3) is 12.2 Å². The van der Waals surface area contributed by atoms with E-state index in [0.29, 0.717) is 0 Å². The highest BCUT2D eigenvalue weighted by Crippen LogP contribution is 2.11. The standard InChI is InChI=1S/C15H13FO/c16-15-6-2-4-13(10-15)8-7-12-3-1-5-14(9-12)11-17/h1-10,17H,11H2/b8-7+. The van der Waals surface area contributed by atoms with E-state index in [1.165, 1.54) is 12.1 Å². The first-order chi connectivity index (χ1) is 8.28. The third kappa shape index (κ3) is 3.26. The van der Waals surface area contributed by atoms with Crippen LogP contribution in [0, 0.1) is 5.82 Å². The van der Waals surface area contributed by atoms with Crippen molar-refractivity contribution in [3.8, 4) is 0 Å². The van der Waals surface area contributed by atoms with E-state index >= 15 is 0 Å². The Morgan fingerprint density at radius 3 is 2.24 bits per heavy atom. The Hall–Kier alpha value is -1.93. The maximum atomic E-state index is 12.9. The van der Waals surface area contributed by atoms with Gasteiger partial charge in [-0.2, -0.15) is 0 Å². The molecule has 1 nitrogen and oxygen atoms in total. The zero-order chi connectivity index (χ0) is 12.1. The number of hydrogen-bond donors (Lipinski definition) is 1. The van der Waals surface area contributed by atoms with E-state index in [1.54, 1.807) is 6.07 Å². The van der Waals surface area contributed by atoms with Crippen molar-refractivity contribution in [2.45, 2.75) is 6.61 Å². The molecule has 0 saturated carbocycles. The number of hydrogen-bond acceptors (Lipinski definition) is 1. The van der Waals surface area contributed by atoms with Crippen LogP contribution in [0.2, 0.25) is 0 Å². The normalized spacial score (nSPS) is 10.9. The van der Waals surface area contributed by atoms with Gasteiger partial charge in [-0.05, 0) is 34.9 Å². The monoisotopic (exact) mass is 228 g/mol. The van der Waals surface area contributed by atoms with Crippen molar-refractivity contribution in [1.82, 2.24) is 0 Å². The van der Waals surface area contributed by atoms with Gasteiger partial charge in [0.25, 0.3) is 0 Å². The maximum absolute atomic E-state index is 12.9. The van der Waals surface area contributed by atoms with E-state index in [4.69, 9.17) is 5.11 Å². The second-order valence-corrected chi connectivity index (χ2v) is 3.79. The van der Waals surface area contributed by atoms with Crippen molar-refractivity contribution in [2.75, 3.05) is 0 Å². The molecule has 0 aliphatic heterocycles. The Labute approximate surface area is 99.9 Å². The molecule has 2 aromatic carbocycles. The Balaban J connectivity index is 2.19. The van der Waals surface area contributed by atoms with Crippen molar-refractivity contribution in [1.29, 1.82) is 0 Å². The lowest BCUT2D eigenvalue weighted by atomic mass is 10.1. The molecule has 0 aliphatic carbocycles. The summed E-state index contributed by atoms with van der Waals surface area (Å²) in [5, 5.41) is 9.01. The SMILES string of the molecule is OCc1cccc(/C=C/c2cccc(F)c2)c1. The lowest BCUT2D eigenvalue weighted by Crippen LogP contribution is -1.82. The van der Waals surface area contributed by atoms with Crippen molar-refractivity contribution in [2.24, 2.45) is 0 Å². The van der Waals surface area contributed by atoms with Gasteiger partial charge in [-0.1, -0.05) is 42.5 Å². The number of rotatable bonds is 3. The summed E-state index contributed by atoms with van der Waals surface area (Å²) in [5.41, 5.74) is 2.67. The molecule has 86 valence electrons. The van der Waals surface area contributed by atoms with Crippen LogP contribution in [0.1, 0.15) is 16.7 Å². The quantitative estimate of drug-likeness (QED) is 0.797. The van der Waals surface area contributed by atoms with Crippen LogP contribution in [0.15, 0.2) is 48.5 Å². The summed E-state index contributed by atoms with van der Waals surface area (Å²) in [6, 6.07) is 14.0. The Morgan fingerprint density at radius 2 is 1.59 bits per heavy atom. The van der Waals surface area contributed by atoms with Crippen molar-refractivity contribution >= 4 is 12.2 Å². The minimum Gasteiger partial charge on any atom is -0.392 e. The van der Waals surface area contributed by atoms with E-state index in [1.807, 2.05) is 42.5 Å². The van der Waals surface area contributed by atoms with Gasteiger partial charge in [0.1, 0.15) is 5.82 Å². The summed E-state index contributed by atoms with van der Waals surface area (Å²) >= 11 is 0. The molecule has 2 heteroatoms. The molecule has 1 N–H and O–H groups in total. The summed E-state index contributed by atoms with van der Waals surface area (Å²) in [4.78, 5) is 0. The number of benzene rings is 2. The summed E-state index contributed by atoms with van der Waals surface area (Å²) in [6.07, 6.45) is 3.74. The molecule has 0 atom stereocenters. The summed E-state index contributed by atoms with van der Waals surface area (Å²) in [5.74, 6) is -0.240. The predicted octanol–water partition coefficient (Wildman–Crippen LogP) is 3.49. The van der Waals surface area contributed by atoms with Crippen LogP contribution in [-0.4, -0.2) is 5.11 Å². The maximum Gasteiger partial charge on any atom is 0.123 e. The molecule has 2 aromatic rings. The highest BCUT2D eigenvalue weighted by molar-refractivity contribution is 5.69. The smallest absolute Gasteiger partial charge is 0.123 e. The molecule has 17 heavy (non-hydrogen) atoms. The molecule has 0 spiro atoms. The van der Waals surface area contributed by atoms with E-state index in [2.05, 4.69) is 0 Å². The highest BCUT2D eigenvalue weighted by Gasteiger charge is 1.93. The fourth-order valence-electron chi connectivity index (χ4n) is 1.60. The first-order valence-corrected chi connectivity index (χ1v) is 5.41. The fraction of sp³-hybridized carbons (Fsp3) is 0.0667. The molecule has 0 unspecified atom stereocenters. The highest BCUT2D eigenvalue weighted by atomic mass is 19.1. The van der Waals surface area contributed by atoms with Gasteiger partial charge >= 0.3 is 0 Å². The van der Waals surface area contributed by atoms with Crippen LogP contribution in [0.4, 0.5) is 4.39 Å². The number of aliphatic hydroxyl groups excluding tert-OH is 1. The Morgan fingerprint density at radius 1 is 0.941 bits per heavy atom. The fourth-order valence-corrected chi connectivity index (χ4v) is 1.60. The third-order valence-corrected chi connectivity index (χ3v) is 2.45. The molecule has 0 amide bonds. The van der Waals surface area contributed by atoms with Crippen LogP contribution < -0.4 is 0 Å². The number of halogens is 1. The average molecular weight is 228 g/mol. The largest absolute Gasteiger partial charge is 0.392 e. The Kier molecular flexibility index (Phi) is 3.68. The van der Waals surface area contributed by atoms with E-state index < -0.39 is 0 Å². The van der Waals surface area contributed by atoms with Crippen LogP contribution in [0.3, 0.4) is 0 Å². The third-order valence-electron chi connectivity index (χ3n) is 2.45. The second-order valence-electron chi connectivity index (χ2n) is 3.79. The van der Waals surface area contributed by atoms with Gasteiger partial charge in [-0.15, -0.1) is 0 Å². The molecule has 0 aliphatic rings. The van der Waals surface area contributed by atoms with Gasteiger partial charge in [0.2, 0.25) is 0 Å². The first kappa shape index (κ1) is 11.6. The topological polar surface area (TPSA) is 20.2 Å². The van der Waals surface area contributed by atoms with E-state index in [-0.39, 0.29) is 12.4 Å². The van der Waals surface area contributed by atoms with Gasteiger partial charge in [0.05, 0.1) is 6.61 Å². The summed E-state index contributed by atoms with van der Waals surface area (Å²) < 4.78 is 12.9. The molecule has 2 rings (SSSR count). The molecule has 0 bridgehead atoms. The van der Waals surface area contributed by atoms with E-state index in [9.17, 15) is 4.39 Å². The van der Waals surface area contributed by atoms with Crippen molar-refractivity contribution in [3.63, 3.8) is 0 Å². The van der Waals surface area contributed by atoms with Gasteiger partial charge < -0.3 is 5.11 Å². The van der Waals surface area contributed by atoms with Crippen LogP contribution in [0.5, 0.6) is 0 Å². The average Bonchev–Trinajstić information content (AvgIpc) is 2.37. The minimum atomic E-state index is -0.240. The lowest BCUT2D eigenvalue weighted by molar-refractivity contribution is 0.282. The lowest BCUT2D eigenvalue weighted by Gasteiger charge is -1.98. The molecule has 0 aromatic heterocycles. The minimum absolute atomic E-state index is 0.0294. The van der Waals surface area contributed by atoms with E-state index in [0.717, 1.165) is 16.7 Å². The molecular formula is C15H13FO. The number of aliphatic hydroxyl groups is 1. The molecule has 0 radical (unpaired) electrons. The Bertz CT molecular complexity index is 532. The molecular weight excluding hydrogens is 215 g/mol. The van der Waals surface area contributed by atoms with Gasteiger partial charge in [-0.3, -0.25) is 0 Å². The van der Waals surface area contributed by atoms with Crippen molar-refractivity contribution < 1.29 is 9.50 Å². The molecule has 0 heterocycles.